The van der Waals surface area contributed by atoms with Crippen LogP contribution in [-0.4, -0.2) is 20.8 Å². The van der Waals surface area contributed by atoms with Crippen LogP contribution in [0.1, 0.15) is 50.2 Å². The summed E-state index contributed by atoms with van der Waals surface area (Å²) in [5.74, 6) is 2.03. The van der Waals surface area contributed by atoms with E-state index < -0.39 is 0 Å². The second-order valence-electron chi connectivity index (χ2n) is 4.79. The van der Waals surface area contributed by atoms with Gasteiger partial charge in [-0.2, -0.15) is 0 Å². The first-order chi connectivity index (χ1) is 7.77. The Bertz CT molecular complexity index is 324. The molecule has 0 radical (unpaired) electrons. The predicted molar refractivity (Wildman–Crippen MR) is 64.1 cm³/mol. The molecule has 1 saturated carbocycles. The Balaban J connectivity index is 1.84. The minimum absolute atomic E-state index is 0.680. The molecule has 0 atom stereocenters. The third kappa shape index (κ3) is 2.82. The fourth-order valence-corrected chi connectivity index (χ4v) is 2.32. The van der Waals surface area contributed by atoms with E-state index in [0.717, 1.165) is 18.2 Å². The third-order valence-corrected chi connectivity index (χ3v) is 3.59. The van der Waals surface area contributed by atoms with Gasteiger partial charge in [0.25, 0.3) is 0 Å². The molecule has 90 valence electrons. The van der Waals surface area contributed by atoms with Gasteiger partial charge in [0.15, 0.2) is 0 Å². The first-order valence-corrected chi connectivity index (χ1v) is 6.35. The SMILES string of the molecule is Cc1nnc(CNC2CCCCCC2)n1C. The van der Waals surface area contributed by atoms with Crippen LogP contribution >= 0.6 is 0 Å². The highest BCUT2D eigenvalue weighted by Gasteiger charge is 2.12. The van der Waals surface area contributed by atoms with Crippen molar-refractivity contribution >= 4 is 0 Å². The summed E-state index contributed by atoms with van der Waals surface area (Å²) in [6.07, 6.45) is 8.18. The lowest BCUT2D eigenvalue weighted by molar-refractivity contribution is 0.448. The largest absolute Gasteiger partial charge is 0.317 e. The number of nitrogens with zero attached hydrogens (tertiary/aromatic N) is 3. The van der Waals surface area contributed by atoms with Crippen molar-refractivity contribution in [3.8, 4) is 0 Å². The Labute approximate surface area is 97.5 Å². The molecule has 1 heterocycles. The zero-order valence-electron chi connectivity index (χ0n) is 10.4. The van der Waals surface area contributed by atoms with Crippen molar-refractivity contribution < 1.29 is 0 Å². The third-order valence-electron chi connectivity index (χ3n) is 3.59. The van der Waals surface area contributed by atoms with Gasteiger partial charge in [0.2, 0.25) is 0 Å². The highest BCUT2D eigenvalue weighted by atomic mass is 15.3. The van der Waals surface area contributed by atoms with E-state index in [1.54, 1.807) is 0 Å². The number of rotatable bonds is 3. The molecule has 4 heteroatoms. The normalized spacial score (nSPS) is 18.6. The zero-order chi connectivity index (χ0) is 11.4. The monoisotopic (exact) mass is 222 g/mol. The number of hydrogen-bond acceptors (Lipinski definition) is 3. The minimum Gasteiger partial charge on any atom is -0.317 e. The van der Waals surface area contributed by atoms with Gasteiger partial charge in [-0.1, -0.05) is 25.7 Å². The average molecular weight is 222 g/mol. The van der Waals surface area contributed by atoms with Crippen LogP contribution in [0, 0.1) is 6.92 Å². The van der Waals surface area contributed by atoms with Crippen molar-refractivity contribution in [1.82, 2.24) is 20.1 Å². The smallest absolute Gasteiger partial charge is 0.146 e. The van der Waals surface area contributed by atoms with Crippen molar-refractivity contribution in [2.24, 2.45) is 7.05 Å². The van der Waals surface area contributed by atoms with E-state index in [4.69, 9.17) is 0 Å². The number of hydrogen-bond donors (Lipinski definition) is 1. The van der Waals surface area contributed by atoms with E-state index >= 15 is 0 Å². The summed E-state index contributed by atoms with van der Waals surface area (Å²) in [6, 6.07) is 0.680. The van der Waals surface area contributed by atoms with Gasteiger partial charge in [-0.15, -0.1) is 10.2 Å². The first-order valence-electron chi connectivity index (χ1n) is 6.35. The van der Waals surface area contributed by atoms with E-state index in [2.05, 4.69) is 20.1 Å². The summed E-state index contributed by atoms with van der Waals surface area (Å²) in [4.78, 5) is 0. The molecular weight excluding hydrogens is 200 g/mol. The average Bonchev–Trinajstić information content (AvgIpc) is 2.53. The zero-order valence-corrected chi connectivity index (χ0v) is 10.4. The van der Waals surface area contributed by atoms with E-state index in [1.807, 2.05) is 14.0 Å². The van der Waals surface area contributed by atoms with Crippen molar-refractivity contribution in [3.05, 3.63) is 11.6 Å². The van der Waals surface area contributed by atoms with Crippen LogP contribution in [0.2, 0.25) is 0 Å². The van der Waals surface area contributed by atoms with Gasteiger partial charge in [0.05, 0.1) is 6.54 Å². The van der Waals surface area contributed by atoms with Gasteiger partial charge < -0.3 is 9.88 Å². The Morgan fingerprint density at radius 3 is 2.44 bits per heavy atom. The molecule has 1 N–H and O–H groups in total. The van der Waals surface area contributed by atoms with Crippen molar-refractivity contribution in [3.63, 3.8) is 0 Å². The lowest BCUT2D eigenvalue weighted by Gasteiger charge is -2.15. The molecule has 0 unspecified atom stereocenters. The number of nitrogens with one attached hydrogen (secondary N) is 1. The molecule has 0 amide bonds. The van der Waals surface area contributed by atoms with Crippen LogP contribution in [-0.2, 0) is 13.6 Å². The molecular formula is C12H22N4. The van der Waals surface area contributed by atoms with Crippen LogP contribution in [0.4, 0.5) is 0 Å². The summed E-state index contributed by atoms with van der Waals surface area (Å²) in [5, 5.41) is 11.9. The molecule has 1 aliphatic carbocycles. The molecule has 2 rings (SSSR count). The Morgan fingerprint density at radius 2 is 1.88 bits per heavy atom. The molecule has 1 aliphatic rings. The lowest BCUT2D eigenvalue weighted by Crippen LogP contribution is -2.29. The summed E-state index contributed by atoms with van der Waals surface area (Å²) in [7, 11) is 2.03. The second-order valence-corrected chi connectivity index (χ2v) is 4.79. The van der Waals surface area contributed by atoms with E-state index in [-0.39, 0.29) is 0 Å². The highest BCUT2D eigenvalue weighted by molar-refractivity contribution is 4.92. The van der Waals surface area contributed by atoms with Gasteiger partial charge in [-0.25, -0.2) is 0 Å². The van der Waals surface area contributed by atoms with Gasteiger partial charge in [-0.05, 0) is 19.8 Å². The molecule has 0 spiro atoms. The van der Waals surface area contributed by atoms with Crippen molar-refractivity contribution in [2.75, 3.05) is 0 Å². The molecule has 0 saturated heterocycles. The summed E-state index contributed by atoms with van der Waals surface area (Å²) in [5.41, 5.74) is 0. The predicted octanol–water partition coefficient (Wildman–Crippen LogP) is 1.94. The Kier molecular flexibility index (Phi) is 3.93. The molecule has 4 nitrogen and oxygen atoms in total. The minimum atomic E-state index is 0.680. The van der Waals surface area contributed by atoms with Crippen LogP contribution in [0.25, 0.3) is 0 Å². The number of aromatic nitrogens is 3. The van der Waals surface area contributed by atoms with Gasteiger partial charge in [0.1, 0.15) is 11.6 Å². The molecule has 0 aliphatic heterocycles. The van der Waals surface area contributed by atoms with Crippen LogP contribution in [0.15, 0.2) is 0 Å². The van der Waals surface area contributed by atoms with E-state index in [9.17, 15) is 0 Å². The molecule has 16 heavy (non-hydrogen) atoms. The summed E-state index contributed by atoms with van der Waals surface area (Å²) in [6.45, 7) is 2.84. The Hall–Kier alpha value is -0.900. The first kappa shape index (κ1) is 11.6. The van der Waals surface area contributed by atoms with Crippen LogP contribution in [0.5, 0.6) is 0 Å². The highest BCUT2D eigenvalue weighted by Crippen LogP contribution is 2.17. The lowest BCUT2D eigenvalue weighted by atomic mass is 10.1. The van der Waals surface area contributed by atoms with E-state index in [1.165, 1.54) is 38.5 Å². The Morgan fingerprint density at radius 1 is 1.19 bits per heavy atom. The molecule has 1 aromatic rings. The molecule has 0 aromatic carbocycles. The quantitative estimate of drug-likeness (QED) is 0.795. The summed E-state index contributed by atoms with van der Waals surface area (Å²) < 4.78 is 2.06. The standard InChI is InChI=1S/C12H22N4/c1-10-14-15-12(16(10)2)9-13-11-7-5-3-4-6-8-11/h11,13H,3-9H2,1-2H3. The van der Waals surface area contributed by atoms with E-state index in [0.29, 0.717) is 6.04 Å². The maximum absolute atomic E-state index is 4.17. The maximum Gasteiger partial charge on any atom is 0.146 e. The fraction of sp³-hybridized carbons (Fsp3) is 0.833. The van der Waals surface area contributed by atoms with Gasteiger partial charge >= 0.3 is 0 Å². The second kappa shape index (κ2) is 5.43. The topological polar surface area (TPSA) is 42.7 Å². The maximum atomic E-state index is 4.17. The molecule has 1 aromatic heterocycles. The van der Waals surface area contributed by atoms with Crippen LogP contribution < -0.4 is 5.32 Å². The van der Waals surface area contributed by atoms with Crippen molar-refractivity contribution in [2.45, 2.75) is 58.0 Å². The fourth-order valence-electron chi connectivity index (χ4n) is 2.32. The molecule has 1 fully saturated rings. The molecule has 0 bridgehead atoms. The summed E-state index contributed by atoms with van der Waals surface area (Å²) >= 11 is 0. The van der Waals surface area contributed by atoms with Crippen LogP contribution in [0.3, 0.4) is 0 Å². The van der Waals surface area contributed by atoms with Gasteiger partial charge in [-0.3, -0.25) is 0 Å². The van der Waals surface area contributed by atoms with Crippen molar-refractivity contribution in [1.29, 1.82) is 0 Å². The van der Waals surface area contributed by atoms with Gasteiger partial charge in [0, 0.05) is 13.1 Å². The number of aryl methyl sites for hydroxylation is 1.